The molecule has 0 heterocycles. The van der Waals surface area contributed by atoms with Crippen molar-refractivity contribution >= 4 is 11.6 Å². The van der Waals surface area contributed by atoms with Crippen LogP contribution >= 0.6 is 11.6 Å². The predicted octanol–water partition coefficient (Wildman–Crippen LogP) is 3.35. The molecule has 0 aliphatic carbocycles. The lowest BCUT2D eigenvalue weighted by atomic mass is 10.2. The van der Waals surface area contributed by atoms with Gasteiger partial charge in [-0.05, 0) is 18.2 Å². The van der Waals surface area contributed by atoms with E-state index in [2.05, 4.69) is 26.1 Å². The molecule has 0 fully saturated rings. The van der Waals surface area contributed by atoms with Crippen LogP contribution in [0.5, 0.6) is 5.75 Å². The van der Waals surface area contributed by atoms with Gasteiger partial charge in [0.05, 0.1) is 6.61 Å². The van der Waals surface area contributed by atoms with Crippen molar-refractivity contribution in [2.24, 2.45) is 5.92 Å². The first kappa shape index (κ1) is 13.3. The van der Waals surface area contributed by atoms with Crippen molar-refractivity contribution in [3.8, 4) is 5.75 Å². The highest BCUT2D eigenvalue weighted by Gasteiger charge is 2.04. The second-order valence-corrected chi connectivity index (χ2v) is 4.87. The number of halogens is 1. The molecule has 1 aromatic rings. The van der Waals surface area contributed by atoms with E-state index >= 15 is 0 Å². The average Bonchev–Trinajstić information content (AvgIpc) is 2.23. The Morgan fingerprint density at radius 2 is 2.06 bits per heavy atom. The summed E-state index contributed by atoms with van der Waals surface area (Å²) in [5, 5.41) is 4.10. The fraction of sp³-hybridized carbons (Fsp3) is 0.538. The first-order chi connectivity index (χ1) is 7.58. The number of rotatable bonds is 6. The van der Waals surface area contributed by atoms with E-state index in [1.54, 1.807) is 0 Å². The Labute approximate surface area is 103 Å². The molecule has 1 atom stereocenters. The number of ether oxygens (including phenoxy) is 1. The van der Waals surface area contributed by atoms with E-state index in [1.807, 2.05) is 24.3 Å². The van der Waals surface area contributed by atoms with Gasteiger partial charge in [0.2, 0.25) is 0 Å². The van der Waals surface area contributed by atoms with Gasteiger partial charge in [0, 0.05) is 23.5 Å². The normalized spacial score (nSPS) is 12.8. The molecule has 1 rings (SSSR count). The average molecular weight is 242 g/mol. The molecule has 0 amide bonds. The van der Waals surface area contributed by atoms with Gasteiger partial charge >= 0.3 is 0 Å². The third-order valence-electron chi connectivity index (χ3n) is 2.21. The van der Waals surface area contributed by atoms with Crippen molar-refractivity contribution in [3.05, 3.63) is 29.3 Å². The molecule has 90 valence electrons. The Bertz CT molecular complexity index is 315. The number of hydrogen-bond donors (Lipinski definition) is 1. The van der Waals surface area contributed by atoms with E-state index in [9.17, 15) is 0 Å². The van der Waals surface area contributed by atoms with Crippen LogP contribution in [-0.4, -0.2) is 19.2 Å². The second kappa shape index (κ2) is 6.77. The molecule has 0 radical (unpaired) electrons. The minimum atomic E-state index is 0.487. The van der Waals surface area contributed by atoms with Crippen molar-refractivity contribution in [1.82, 2.24) is 5.32 Å². The topological polar surface area (TPSA) is 21.3 Å². The van der Waals surface area contributed by atoms with Gasteiger partial charge in [0.15, 0.2) is 0 Å². The van der Waals surface area contributed by atoms with Crippen LogP contribution in [0.15, 0.2) is 24.3 Å². The predicted molar refractivity (Wildman–Crippen MR) is 69.2 cm³/mol. The van der Waals surface area contributed by atoms with Gasteiger partial charge in [-0.1, -0.05) is 38.4 Å². The Morgan fingerprint density at radius 3 is 2.69 bits per heavy atom. The molecule has 0 bridgehead atoms. The Hall–Kier alpha value is -0.730. The fourth-order valence-corrected chi connectivity index (χ4v) is 1.47. The van der Waals surface area contributed by atoms with Crippen LogP contribution in [0.25, 0.3) is 0 Å². The highest BCUT2D eigenvalue weighted by atomic mass is 35.5. The number of benzene rings is 1. The smallest absolute Gasteiger partial charge is 0.120 e. The molecule has 0 aliphatic rings. The van der Waals surface area contributed by atoms with Crippen molar-refractivity contribution in [2.45, 2.75) is 26.8 Å². The van der Waals surface area contributed by atoms with Crippen LogP contribution in [0.3, 0.4) is 0 Å². The Balaban J connectivity index is 2.28. The summed E-state index contributed by atoms with van der Waals surface area (Å²) in [5.74, 6) is 1.32. The van der Waals surface area contributed by atoms with Crippen LogP contribution in [0.4, 0.5) is 0 Å². The van der Waals surface area contributed by atoms with Gasteiger partial charge in [-0.3, -0.25) is 0 Å². The molecule has 3 heteroatoms. The Kier molecular flexibility index (Phi) is 5.64. The van der Waals surface area contributed by atoms with Gasteiger partial charge in [0.25, 0.3) is 0 Å². The van der Waals surface area contributed by atoms with Gasteiger partial charge in [-0.25, -0.2) is 0 Å². The highest BCUT2D eigenvalue weighted by Crippen LogP contribution is 2.17. The molecule has 1 aromatic carbocycles. The Morgan fingerprint density at radius 1 is 1.31 bits per heavy atom. The minimum absolute atomic E-state index is 0.487. The van der Waals surface area contributed by atoms with Gasteiger partial charge in [-0.2, -0.15) is 0 Å². The molecule has 0 aromatic heterocycles. The maximum absolute atomic E-state index is 5.87. The SMILES string of the molecule is CC(CNC(C)C)COc1cccc(Cl)c1. The largest absolute Gasteiger partial charge is 0.493 e. The van der Waals surface area contributed by atoms with E-state index in [4.69, 9.17) is 16.3 Å². The standard InChI is InChI=1S/C13H20ClNO/c1-10(2)15-8-11(3)9-16-13-6-4-5-12(14)7-13/h4-7,10-11,15H,8-9H2,1-3H3. The summed E-state index contributed by atoms with van der Waals surface area (Å²) in [5.41, 5.74) is 0. The third kappa shape index (κ3) is 5.38. The summed E-state index contributed by atoms with van der Waals surface area (Å²) in [6.45, 7) is 8.13. The second-order valence-electron chi connectivity index (χ2n) is 4.44. The zero-order valence-electron chi connectivity index (χ0n) is 10.2. The lowest BCUT2D eigenvalue weighted by Gasteiger charge is -2.15. The molecule has 1 unspecified atom stereocenters. The fourth-order valence-electron chi connectivity index (χ4n) is 1.29. The highest BCUT2D eigenvalue weighted by molar-refractivity contribution is 6.30. The maximum atomic E-state index is 5.87. The van der Waals surface area contributed by atoms with Crippen LogP contribution < -0.4 is 10.1 Å². The first-order valence-electron chi connectivity index (χ1n) is 5.69. The molecule has 1 N–H and O–H groups in total. The van der Waals surface area contributed by atoms with E-state index in [0.29, 0.717) is 23.6 Å². The van der Waals surface area contributed by atoms with Crippen molar-refractivity contribution in [1.29, 1.82) is 0 Å². The first-order valence-corrected chi connectivity index (χ1v) is 6.07. The van der Waals surface area contributed by atoms with Crippen molar-refractivity contribution < 1.29 is 4.74 Å². The quantitative estimate of drug-likeness (QED) is 0.825. The molecule has 0 saturated heterocycles. The van der Waals surface area contributed by atoms with Gasteiger partial charge in [-0.15, -0.1) is 0 Å². The van der Waals surface area contributed by atoms with Crippen LogP contribution in [0, 0.1) is 5.92 Å². The molecule has 0 spiro atoms. The third-order valence-corrected chi connectivity index (χ3v) is 2.44. The summed E-state index contributed by atoms with van der Waals surface area (Å²) >= 11 is 5.87. The molecule has 0 saturated carbocycles. The summed E-state index contributed by atoms with van der Waals surface area (Å²) < 4.78 is 5.66. The van der Waals surface area contributed by atoms with Crippen LogP contribution in [0.1, 0.15) is 20.8 Å². The van der Waals surface area contributed by atoms with Crippen LogP contribution in [0.2, 0.25) is 5.02 Å². The zero-order chi connectivity index (χ0) is 12.0. The van der Waals surface area contributed by atoms with Crippen LogP contribution in [-0.2, 0) is 0 Å². The van der Waals surface area contributed by atoms with E-state index in [-0.39, 0.29) is 0 Å². The molecular formula is C13H20ClNO. The summed E-state index contributed by atoms with van der Waals surface area (Å²) in [6.07, 6.45) is 0. The summed E-state index contributed by atoms with van der Waals surface area (Å²) in [7, 11) is 0. The molecular weight excluding hydrogens is 222 g/mol. The summed E-state index contributed by atoms with van der Waals surface area (Å²) in [4.78, 5) is 0. The van der Waals surface area contributed by atoms with E-state index < -0.39 is 0 Å². The monoisotopic (exact) mass is 241 g/mol. The number of hydrogen-bond acceptors (Lipinski definition) is 2. The van der Waals surface area contributed by atoms with Crippen molar-refractivity contribution in [3.63, 3.8) is 0 Å². The van der Waals surface area contributed by atoms with E-state index in [1.165, 1.54) is 0 Å². The summed E-state index contributed by atoms with van der Waals surface area (Å²) in [6, 6.07) is 8.03. The number of nitrogens with one attached hydrogen (secondary N) is 1. The van der Waals surface area contributed by atoms with Gasteiger partial charge < -0.3 is 10.1 Å². The molecule has 2 nitrogen and oxygen atoms in total. The van der Waals surface area contributed by atoms with Crippen molar-refractivity contribution in [2.75, 3.05) is 13.2 Å². The molecule has 16 heavy (non-hydrogen) atoms. The zero-order valence-corrected chi connectivity index (χ0v) is 10.9. The lowest BCUT2D eigenvalue weighted by Crippen LogP contribution is -2.30. The molecule has 0 aliphatic heterocycles. The van der Waals surface area contributed by atoms with Gasteiger partial charge in [0.1, 0.15) is 5.75 Å². The minimum Gasteiger partial charge on any atom is -0.493 e. The maximum Gasteiger partial charge on any atom is 0.120 e. The lowest BCUT2D eigenvalue weighted by molar-refractivity contribution is 0.253. The van der Waals surface area contributed by atoms with E-state index in [0.717, 1.165) is 12.3 Å².